The van der Waals surface area contributed by atoms with Gasteiger partial charge in [-0.25, -0.2) is 23.9 Å². The van der Waals surface area contributed by atoms with Gasteiger partial charge < -0.3 is 15.1 Å². The second-order valence-electron chi connectivity index (χ2n) is 10.0. The molecule has 0 aliphatic carbocycles. The number of carbonyl (C=O) groups is 3. The van der Waals surface area contributed by atoms with Gasteiger partial charge in [0.2, 0.25) is 0 Å². The van der Waals surface area contributed by atoms with Gasteiger partial charge in [-0.05, 0) is 68.8 Å². The highest BCUT2D eigenvalue weighted by atomic mass is 19.4. The molecule has 0 bridgehead atoms. The highest BCUT2D eigenvalue weighted by molar-refractivity contribution is 5.96. The lowest BCUT2D eigenvalue weighted by molar-refractivity contribution is -0.138. The monoisotopic (exact) mass is 634 g/mol. The number of hydrogen-bond acceptors (Lipinski definition) is 8. The van der Waals surface area contributed by atoms with E-state index in [9.17, 15) is 37.8 Å². The molecule has 0 fully saturated rings. The van der Waals surface area contributed by atoms with Crippen molar-refractivity contribution in [2.45, 2.75) is 26.9 Å². The van der Waals surface area contributed by atoms with Crippen molar-refractivity contribution in [3.8, 4) is 34.2 Å². The Kier molecular flexibility index (Phi) is 8.37. The van der Waals surface area contributed by atoms with Crippen LogP contribution in [0.2, 0.25) is 0 Å². The molecule has 16 heteroatoms. The Morgan fingerprint density at radius 2 is 1.26 bits per heavy atom. The van der Waals surface area contributed by atoms with Crippen LogP contribution in [0.5, 0.6) is 0 Å². The largest absolute Gasteiger partial charge is 0.478 e. The van der Waals surface area contributed by atoms with Crippen LogP contribution >= 0.6 is 0 Å². The molecular weight excluding hydrogens is 609 g/mol. The summed E-state index contributed by atoms with van der Waals surface area (Å²) in [5, 5.41) is 35.2. The molecule has 0 aliphatic rings. The molecule has 0 aliphatic heterocycles. The van der Waals surface area contributed by atoms with Gasteiger partial charge in [-0.15, -0.1) is 10.2 Å². The van der Waals surface area contributed by atoms with E-state index in [1.54, 1.807) is 24.0 Å². The molecule has 0 radical (unpaired) electrons. The summed E-state index contributed by atoms with van der Waals surface area (Å²) in [6, 6.07) is 10.3. The predicted molar refractivity (Wildman–Crippen MR) is 156 cm³/mol. The van der Waals surface area contributed by atoms with Crippen molar-refractivity contribution in [2.75, 3.05) is 13.1 Å². The normalized spacial score (nSPS) is 11.4. The van der Waals surface area contributed by atoms with Gasteiger partial charge in [0, 0.05) is 18.7 Å². The van der Waals surface area contributed by atoms with Crippen molar-refractivity contribution in [1.29, 1.82) is 0 Å². The summed E-state index contributed by atoms with van der Waals surface area (Å²) in [6.45, 7) is 6.17. The first-order valence-corrected chi connectivity index (χ1v) is 13.8. The van der Waals surface area contributed by atoms with Crippen LogP contribution in [0.25, 0.3) is 34.2 Å². The van der Waals surface area contributed by atoms with E-state index in [0.717, 1.165) is 16.8 Å². The van der Waals surface area contributed by atoms with Crippen LogP contribution in [0.1, 0.15) is 56.0 Å². The molecule has 13 nitrogen and oxygen atoms in total. The molecule has 3 aromatic heterocycles. The van der Waals surface area contributed by atoms with E-state index in [0.29, 0.717) is 30.4 Å². The Bertz CT molecular complexity index is 1980. The molecule has 0 spiro atoms. The third-order valence-electron chi connectivity index (χ3n) is 7.15. The molecule has 2 N–H and O–H groups in total. The lowest BCUT2D eigenvalue weighted by atomic mass is 10.1. The highest BCUT2D eigenvalue weighted by Gasteiger charge is 2.35. The van der Waals surface area contributed by atoms with Gasteiger partial charge in [-0.1, -0.05) is 16.5 Å². The zero-order chi connectivity index (χ0) is 33.3. The van der Waals surface area contributed by atoms with Crippen molar-refractivity contribution in [2.24, 2.45) is 0 Å². The maximum absolute atomic E-state index is 13.4. The minimum absolute atomic E-state index is 0.00140. The average Bonchev–Trinajstić information content (AvgIpc) is 3.72. The quantitative estimate of drug-likeness (QED) is 0.230. The number of alkyl halides is 3. The second-order valence-corrected chi connectivity index (χ2v) is 10.0. The lowest BCUT2D eigenvalue weighted by Gasteiger charge is -2.19. The Balaban J connectivity index is 1.58. The second kappa shape index (κ2) is 12.2. The Morgan fingerprint density at radius 1 is 0.761 bits per heavy atom. The summed E-state index contributed by atoms with van der Waals surface area (Å²) in [5.41, 5.74) is -0.180. The van der Waals surface area contributed by atoms with Crippen LogP contribution in [0.4, 0.5) is 13.2 Å². The molecule has 3 heterocycles. The van der Waals surface area contributed by atoms with Gasteiger partial charge in [-0.2, -0.15) is 13.2 Å². The van der Waals surface area contributed by atoms with E-state index in [1.165, 1.54) is 35.3 Å². The molecular formula is C30H25F3N8O5. The SMILES string of the molecule is CCN(CC)C(=O)c1cc(-c2cn(-c3ccc(C)c(C(=O)O)c3)nn2)nc(-c2cn(-c3ccc(C(F)(F)F)c(C(=O)O)c3)nn2)c1. The summed E-state index contributed by atoms with van der Waals surface area (Å²) < 4.78 is 42.5. The van der Waals surface area contributed by atoms with E-state index in [2.05, 4.69) is 25.6 Å². The maximum atomic E-state index is 13.4. The molecule has 0 unspecified atom stereocenters. The number of rotatable bonds is 9. The number of nitrogens with zero attached hydrogens (tertiary/aromatic N) is 8. The van der Waals surface area contributed by atoms with Gasteiger partial charge in [0.05, 0.1) is 51.8 Å². The molecule has 46 heavy (non-hydrogen) atoms. The van der Waals surface area contributed by atoms with Crippen LogP contribution in [0.15, 0.2) is 60.9 Å². The molecule has 1 amide bonds. The van der Waals surface area contributed by atoms with E-state index < -0.39 is 29.2 Å². The Hall–Kier alpha value is -5.93. The summed E-state index contributed by atoms with van der Waals surface area (Å²) in [6.07, 6.45) is -2.03. The van der Waals surface area contributed by atoms with Gasteiger partial charge in [-0.3, -0.25) is 4.79 Å². The number of halogens is 3. The summed E-state index contributed by atoms with van der Waals surface area (Å²) in [4.78, 5) is 42.8. The van der Waals surface area contributed by atoms with Crippen molar-refractivity contribution in [3.63, 3.8) is 0 Å². The van der Waals surface area contributed by atoms with Gasteiger partial charge in [0.25, 0.3) is 5.91 Å². The first kappa shape index (κ1) is 31.5. The van der Waals surface area contributed by atoms with Crippen molar-refractivity contribution < 1.29 is 37.8 Å². The van der Waals surface area contributed by atoms with Crippen LogP contribution in [-0.2, 0) is 6.18 Å². The minimum atomic E-state index is -4.88. The molecule has 0 saturated heterocycles. The fourth-order valence-electron chi connectivity index (χ4n) is 4.71. The number of carboxylic acid groups (broad SMARTS) is 2. The minimum Gasteiger partial charge on any atom is -0.478 e. The van der Waals surface area contributed by atoms with Gasteiger partial charge >= 0.3 is 18.1 Å². The van der Waals surface area contributed by atoms with Crippen molar-refractivity contribution in [1.82, 2.24) is 39.9 Å². The average molecular weight is 635 g/mol. The first-order valence-electron chi connectivity index (χ1n) is 13.8. The number of aryl methyl sites for hydroxylation is 1. The Labute approximate surface area is 258 Å². The van der Waals surface area contributed by atoms with Crippen LogP contribution in [0, 0.1) is 6.92 Å². The zero-order valence-corrected chi connectivity index (χ0v) is 24.5. The standard InChI is InChI=1S/C30H25F3N8O5/c1-4-39(5-2)27(42)17-10-23(25-14-40(37-35-25)18-7-6-16(3)20(12-18)28(43)44)34-24(11-17)26-15-41(38-36-26)19-8-9-22(30(31,32)33)21(13-19)29(45)46/h6-15H,4-5H2,1-3H3,(H,43,44)(H,45,46). The maximum Gasteiger partial charge on any atom is 0.417 e. The van der Waals surface area contributed by atoms with E-state index in [4.69, 9.17) is 0 Å². The highest BCUT2D eigenvalue weighted by Crippen LogP contribution is 2.33. The number of benzene rings is 2. The zero-order valence-electron chi connectivity index (χ0n) is 24.5. The molecule has 5 rings (SSSR count). The van der Waals surface area contributed by atoms with Gasteiger partial charge in [0.15, 0.2) is 0 Å². The predicted octanol–water partition coefficient (Wildman–Crippen LogP) is 4.78. The summed E-state index contributed by atoms with van der Waals surface area (Å²) in [5.74, 6) is -3.17. The number of pyridine rings is 1. The number of carboxylic acids is 2. The molecule has 2 aromatic carbocycles. The molecule has 0 saturated carbocycles. The van der Waals surface area contributed by atoms with Crippen LogP contribution in [0.3, 0.4) is 0 Å². The Morgan fingerprint density at radius 3 is 1.74 bits per heavy atom. The van der Waals surface area contributed by atoms with Crippen LogP contribution in [-0.4, -0.2) is 81.0 Å². The van der Waals surface area contributed by atoms with E-state index >= 15 is 0 Å². The number of carbonyl (C=O) groups excluding carboxylic acids is 1. The fraction of sp³-hybridized carbons (Fsp3) is 0.200. The fourth-order valence-corrected chi connectivity index (χ4v) is 4.71. The van der Waals surface area contributed by atoms with E-state index in [1.807, 2.05) is 13.8 Å². The molecule has 236 valence electrons. The molecule has 5 aromatic rings. The van der Waals surface area contributed by atoms with Gasteiger partial charge in [0.1, 0.15) is 11.4 Å². The number of hydrogen-bond donors (Lipinski definition) is 2. The topological polar surface area (TPSA) is 169 Å². The third kappa shape index (κ3) is 6.17. The number of aromatic nitrogens is 7. The van der Waals surface area contributed by atoms with Crippen molar-refractivity contribution in [3.05, 3.63) is 88.7 Å². The molecule has 0 atom stereocenters. The smallest absolute Gasteiger partial charge is 0.417 e. The lowest BCUT2D eigenvalue weighted by Crippen LogP contribution is -2.30. The first-order chi connectivity index (χ1) is 21.8. The number of aromatic carboxylic acids is 2. The summed E-state index contributed by atoms with van der Waals surface area (Å²) >= 11 is 0. The van der Waals surface area contributed by atoms with E-state index in [-0.39, 0.29) is 45.5 Å². The van der Waals surface area contributed by atoms with Crippen molar-refractivity contribution >= 4 is 17.8 Å². The van der Waals surface area contributed by atoms with Crippen LogP contribution < -0.4 is 0 Å². The summed E-state index contributed by atoms with van der Waals surface area (Å²) in [7, 11) is 0. The third-order valence-corrected chi connectivity index (χ3v) is 7.15. The number of amides is 1.